The molecule has 2 rings (SSSR count). The smallest absolute Gasteiger partial charge is 0.189 e. The molecule has 0 aliphatic heterocycles. The highest BCUT2D eigenvalue weighted by Crippen LogP contribution is 2.21. The number of allylic oxidation sites excluding steroid dienone is 1. The van der Waals surface area contributed by atoms with E-state index in [-0.39, 0.29) is 5.78 Å². The van der Waals surface area contributed by atoms with Crippen molar-refractivity contribution in [3.63, 3.8) is 0 Å². The summed E-state index contributed by atoms with van der Waals surface area (Å²) in [5.74, 6) is 0.711. The predicted molar refractivity (Wildman–Crippen MR) is 85.0 cm³/mol. The minimum absolute atomic E-state index is 0.0605. The van der Waals surface area contributed by atoms with Gasteiger partial charge in [-0.05, 0) is 30.7 Å². The van der Waals surface area contributed by atoms with Gasteiger partial charge in [0.25, 0.3) is 0 Å². The van der Waals surface area contributed by atoms with E-state index in [0.717, 1.165) is 22.6 Å². The number of benzene rings is 1. The minimum atomic E-state index is -0.0605. The highest BCUT2D eigenvalue weighted by Gasteiger charge is 2.10. The van der Waals surface area contributed by atoms with Gasteiger partial charge in [0, 0.05) is 25.4 Å². The predicted octanol–water partition coefficient (Wildman–Crippen LogP) is 2.78. The van der Waals surface area contributed by atoms with Crippen LogP contribution in [0.15, 0.2) is 30.5 Å². The summed E-state index contributed by atoms with van der Waals surface area (Å²) in [5.41, 5.74) is 3.33. The molecule has 0 bridgehead atoms. The van der Waals surface area contributed by atoms with Gasteiger partial charge in [0.1, 0.15) is 5.75 Å². The second-order valence-electron chi connectivity index (χ2n) is 4.97. The van der Waals surface area contributed by atoms with Crippen molar-refractivity contribution in [1.82, 2.24) is 9.78 Å². The van der Waals surface area contributed by atoms with Crippen LogP contribution in [0.1, 0.15) is 27.2 Å². The van der Waals surface area contributed by atoms with Gasteiger partial charge < -0.3 is 9.47 Å². The molecule has 0 unspecified atom stereocenters. The molecule has 0 aliphatic rings. The highest BCUT2D eigenvalue weighted by atomic mass is 16.5. The number of carbonyl (C=O) groups is 1. The van der Waals surface area contributed by atoms with E-state index in [1.165, 1.54) is 0 Å². The number of aromatic nitrogens is 2. The maximum absolute atomic E-state index is 12.2. The molecule has 0 saturated carbocycles. The molecule has 5 nitrogen and oxygen atoms in total. The van der Waals surface area contributed by atoms with Gasteiger partial charge >= 0.3 is 0 Å². The summed E-state index contributed by atoms with van der Waals surface area (Å²) < 4.78 is 12.1. The normalized spacial score (nSPS) is 11.1. The number of aryl methyl sites for hydroxylation is 1. The fraction of sp³-hybridized carbons (Fsp3) is 0.294. The van der Waals surface area contributed by atoms with E-state index in [9.17, 15) is 4.79 Å². The first-order chi connectivity index (χ1) is 10.6. The molecule has 0 spiro atoms. The summed E-state index contributed by atoms with van der Waals surface area (Å²) >= 11 is 0. The first kappa shape index (κ1) is 16.0. The first-order valence-corrected chi connectivity index (χ1v) is 6.93. The number of hydrogen-bond acceptors (Lipinski definition) is 4. The second kappa shape index (κ2) is 7.04. The van der Waals surface area contributed by atoms with Gasteiger partial charge in [0.15, 0.2) is 5.78 Å². The number of carbonyl (C=O) groups excluding carboxylic acids is 1. The Morgan fingerprint density at radius 1 is 1.36 bits per heavy atom. The number of ketones is 1. The number of methoxy groups -OCH3 is 2. The average Bonchev–Trinajstić information content (AvgIpc) is 2.85. The molecule has 0 amide bonds. The van der Waals surface area contributed by atoms with Crippen LogP contribution in [0.2, 0.25) is 0 Å². The molecule has 2 aromatic rings. The van der Waals surface area contributed by atoms with Crippen LogP contribution < -0.4 is 4.74 Å². The number of ether oxygens (including phenoxy) is 2. The molecule has 0 fully saturated rings. The van der Waals surface area contributed by atoms with Crippen molar-refractivity contribution < 1.29 is 14.3 Å². The Morgan fingerprint density at radius 3 is 2.73 bits per heavy atom. The van der Waals surface area contributed by atoms with Crippen molar-refractivity contribution in [3.05, 3.63) is 52.9 Å². The molecule has 0 saturated heterocycles. The lowest BCUT2D eigenvalue weighted by molar-refractivity contribution is 0.104. The molecule has 1 aromatic carbocycles. The largest absolute Gasteiger partial charge is 0.496 e. The Bertz CT molecular complexity index is 702. The maximum atomic E-state index is 12.2. The topological polar surface area (TPSA) is 53.3 Å². The number of nitrogens with zero attached hydrogens (tertiary/aromatic N) is 2. The van der Waals surface area contributed by atoms with E-state index in [2.05, 4.69) is 5.10 Å². The van der Waals surface area contributed by atoms with Crippen molar-refractivity contribution in [3.8, 4) is 5.75 Å². The Kier molecular flexibility index (Phi) is 5.12. The van der Waals surface area contributed by atoms with E-state index in [1.807, 2.05) is 32.2 Å². The lowest BCUT2D eigenvalue weighted by Gasteiger charge is -2.08. The highest BCUT2D eigenvalue weighted by molar-refractivity contribution is 6.07. The summed E-state index contributed by atoms with van der Waals surface area (Å²) in [6.45, 7) is 2.33. The third kappa shape index (κ3) is 3.43. The van der Waals surface area contributed by atoms with Crippen LogP contribution in [0, 0.1) is 6.92 Å². The van der Waals surface area contributed by atoms with E-state index < -0.39 is 0 Å². The Hall–Kier alpha value is -2.40. The molecule has 116 valence electrons. The molecule has 1 heterocycles. The average molecular weight is 300 g/mol. The van der Waals surface area contributed by atoms with Crippen molar-refractivity contribution in [2.24, 2.45) is 7.05 Å². The fourth-order valence-electron chi connectivity index (χ4n) is 2.17. The van der Waals surface area contributed by atoms with Gasteiger partial charge in [-0.15, -0.1) is 0 Å². The van der Waals surface area contributed by atoms with Crippen LogP contribution in [0.4, 0.5) is 0 Å². The number of hydrogen-bond donors (Lipinski definition) is 0. The summed E-state index contributed by atoms with van der Waals surface area (Å²) in [6, 6.07) is 5.72. The van der Waals surface area contributed by atoms with Crippen LogP contribution in [-0.4, -0.2) is 29.8 Å². The zero-order valence-electron chi connectivity index (χ0n) is 13.3. The van der Waals surface area contributed by atoms with Gasteiger partial charge in [0.05, 0.1) is 25.5 Å². The van der Waals surface area contributed by atoms with Crippen LogP contribution in [0.5, 0.6) is 5.75 Å². The monoisotopic (exact) mass is 300 g/mol. The third-order valence-electron chi connectivity index (χ3n) is 3.53. The van der Waals surface area contributed by atoms with Crippen molar-refractivity contribution in [1.29, 1.82) is 0 Å². The first-order valence-electron chi connectivity index (χ1n) is 6.93. The second-order valence-corrected chi connectivity index (χ2v) is 4.97. The van der Waals surface area contributed by atoms with Gasteiger partial charge in [-0.1, -0.05) is 12.1 Å². The standard InChI is InChI=1S/C17H20N2O3/c1-12-15(10-18-19(12)2)16(20)7-5-13-6-8-17(22-4)14(9-13)11-21-3/h5-10H,11H2,1-4H3/b7-5+. The van der Waals surface area contributed by atoms with E-state index in [1.54, 1.807) is 37.3 Å². The summed E-state index contributed by atoms with van der Waals surface area (Å²) in [4.78, 5) is 12.2. The minimum Gasteiger partial charge on any atom is -0.496 e. The van der Waals surface area contributed by atoms with Gasteiger partial charge in [0.2, 0.25) is 0 Å². The van der Waals surface area contributed by atoms with Gasteiger partial charge in [-0.25, -0.2) is 0 Å². The molecular weight excluding hydrogens is 280 g/mol. The summed E-state index contributed by atoms with van der Waals surface area (Å²) in [7, 11) is 5.08. The lowest BCUT2D eigenvalue weighted by atomic mass is 10.1. The molecule has 5 heteroatoms. The van der Waals surface area contributed by atoms with E-state index >= 15 is 0 Å². The van der Waals surface area contributed by atoms with Crippen LogP contribution >= 0.6 is 0 Å². The van der Waals surface area contributed by atoms with Crippen molar-refractivity contribution >= 4 is 11.9 Å². The molecular formula is C17H20N2O3. The van der Waals surface area contributed by atoms with Crippen molar-refractivity contribution in [2.75, 3.05) is 14.2 Å². The Morgan fingerprint density at radius 2 is 2.14 bits per heavy atom. The van der Waals surface area contributed by atoms with Gasteiger partial charge in [-0.2, -0.15) is 5.10 Å². The summed E-state index contributed by atoms with van der Waals surface area (Å²) in [6.07, 6.45) is 4.93. The molecule has 0 atom stereocenters. The molecule has 0 aliphatic carbocycles. The molecule has 0 radical (unpaired) electrons. The van der Waals surface area contributed by atoms with Crippen LogP contribution in [0.25, 0.3) is 6.08 Å². The zero-order chi connectivity index (χ0) is 16.1. The fourth-order valence-corrected chi connectivity index (χ4v) is 2.17. The Labute approximate surface area is 130 Å². The lowest BCUT2D eigenvalue weighted by Crippen LogP contribution is -1.98. The van der Waals surface area contributed by atoms with Gasteiger partial charge in [-0.3, -0.25) is 9.48 Å². The van der Waals surface area contributed by atoms with Crippen LogP contribution in [-0.2, 0) is 18.4 Å². The zero-order valence-corrected chi connectivity index (χ0v) is 13.3. The summed E-state index contributed by atoms with van der Waals surface area (Å²) in [5, 5.41) is 4.08. The van der Waals surface area contributed by atoms with Crippen molar-refractivity contribution in [2.45, 2.75) is 13.5 Å². The maximum Gasteiger partial charge on any atom is 0.189 e. The molecule has 22 heavy (non-hydrogen) atoms. The quantitative estimate of drug-likeness (QED) is 0.608. The molecule has 0 N–H and O–H groups in total. The molecule has 1 aromatic heterocycles. The van der Waals surface area contributed by atoms with E-state index in [4.69, 9.17) is 9.47 Å². The van der Waals surface area contributed by atoms with E-state index in [0.29, 0.717) is 12.2 Å². The van der Waals surface area contributed by atoms with Crippen LogP contribution in [0.3, 0.4) is 0 Å². The Balaban J connectivity index is 2.21. The third-order valence-corrected chi connectivity index (χ3v) is 3.53. The number of rotatable bonds is 6. The SMILES string of the molecule is COCc1cc(/C=C/C(=O)c2cnn(C)c2C)ccc1OC.